The van der Waals surface area contributed by atoms with Crippen LogP contribution in [0.2, 0.25) is 0 Å². The molecule has 2 aromatic rings. The number of rotatable bonds is 2. The van der Waals surface area contributed by atoms with Crippen LogP contribution in [0.4, 0.5) is 5.95 Å². The maximum Gasteiger partial charge on any atom is 0.226 e. The number of benzene rings is 1. The molecule has 0 fully saturated rings. The number of aryl methyl sites for hydroxylation is 1. The number of nitrogens with one attached hydrogen (secondary N) is 1. The molecule has 1 aliphatic carbocycles. The number of aromatic nitrogens is 3. The van der Waals surface area contributed by atoms with Crippen LogP contribution in [0.15, 0.2) is 35.5 Å². The number of Topliss-reactive ketones (excluding diaryl/α,β-unsaturated/α-hetero) is 1. The monoisotopic (exact) mass is 324 g/mol. The van der Waals surface area contributed by atoms with Crippen molar-refractivity contribution in [3.63, 3.8) is 0 Å². The first-order chi connectivity index (χ1) is 11.6. The van der Waals surface area contributed by atoms with Gasteiger partial charge in [0.05, 0.1) is 7.11 Å². The van der Waals surface area contributed by atoms with Crippen molar-refractivity contribution in [1.82, 2.24) is 14.8 Å². The molecule has 2 atom stereocenters. The Balaban J connectivity index is 1.87. The topological polar surface area (TPSA) is 69.0 Å². The molecule has 0 saturated heterocycles. The summed E-state index contributed by atoms with van der Waals surface area (Å²) >= 11 is 0. The Morgan fingerprint density at radius 3 is 2.71 bits per heavy atom. The van der Waals surface area contributed by atoms with Gasteiger partial charge in [-0.25, -0.2) is 4.68 Å². The second-order valence-electron chi connectivity index (χ2n) is 6.56. The van der Waals surface area contributed by atoms with Gasteiger partial charge in [-0.3, -0.25) is 4.79 Å². The van der Waals surface area contributed by atoms with Gasteiger partial charge in [-0.15, -0.1) is 0 Å². The highest BCUT2D eigenvalue weighted by Gasteiger charge is 2.38. The Morgan fingerprint density at radius 2 is 2.00 bits per heavy atom. The molecule has 6 nitrogen and oxygen atoms in total. The quantitative estimate of drug-likeness (QED) is 0.920. The number of ketones is 1. The van der Waals surface area contributed by atoms with Gasteiger partial charge in [0.15, 0.2) is 5.78 Å². The molecule has 24 heavy (non-hydrogen) atoms. The highest BCUT2D eigenvalue weighted by molar-refractivity contribution is 5.99. The Labute approximate surface area is 140 Å². The first-order valence-corrected chi connectivity index (χ1v) is 8.17. The maximum absolute atomic E-state index is 12.8. The van der Waals surface area contributed by atoms with Crippen LogP contribution >= 0.6 is 0 Å². The average Bonchev–Trinajstić information content (AvgIpc) is 2.92. The fourth-order valence-corrected chi connectivity index (χ4v) is 3.61. The lowest BCUT2D eigenvalue weighted by Gasteiger charge is -2.34. The van der Waals surface area contributed by atoms with E-state index in [1.165, 1.54) is 0 Å². The second-order valence-corrected chi connectivity index (χ2v) is 6.56. The number of nitrogens with zero attached hydrogens (tertiary/aromatic N) is 3. The van der Waals surface area contributed by atoms with E-state index < -0.39 is 0 Å². The van der Waals surface area contributed by atoms with E-state index in [4.69, 9.17) is 4.74 Å². The van der Waals surface area contributed by atoms with Gasteiger partial charge in [0.1, 0.15) is 17.6 Å². The average molecular weight is 324 g/mol. The SMILES string of the molecule is COc1ccc([C@H]2C3=C(C[C@@H](C)CC3=O)Nc3nc(C)nn32)cc1. The van der Waals surface area contributed by atoms with E-state index >= 15 is 0 Å². The molecule has 0 unspecified atom stereocenters. The lowest BCUT2D eigenvalue weighted by atomic mass is 9.81. The van der Waals surface area contributed by atoms with E-state index in [0.717, 1.165) is 29.0 Å². The highest BCUT2D eigenvalue weighted by Crippen LogP contribution is 2.41. The minimum Gasteiger partial charge on any atom is -0.497 e. The van der Waals surface area contributed by atoms with E-state index in [1.807, 2.05) is 35.9 Å². The number of anilines is 1. The Kier molecular flexibility index (Phi) is 3.40. The number of fused-ring (bicyclic) bond motifs is 1. The Hall–Kier alpha value is -2.63. The third-order valence-corrected chi connectivity index (χ3v) is 4.66. The van der Waals surface area contributed by atoms with Crippen LogP contribution in [0, 0.1) is 12.8 Å². The number of ether oxygens (including phenoxy) is 1. The fraction of sp³-hybridized carbons (Fsp3) is 0.389. The third kappa shape index (κ3) is 2.29. The molecule has 1 N–H and O–H groups in total. The molecule has 2 aliphatic rings. The zero-order valence-electron chi connectivity index (χ0n) is 14.0. The van der Waals surface area contributed by atoms with Crippen molar-refractivity contribution in [2.75, 3.05) is 12.4 Å². The summed E-state index contributed by atoms with van der Waals surface area (Å²) in [5.41, 5.74) is 2.81. The van der Waals surface area contributed by atoms with E-state index in [9.17, 15) is 4.79 Å². The van der Waals surface area contributed by atoms with Gasteiger partial charge < -0.3 is 10.1 Å². The summed E-state index contributed by atoms with van der Waals surface area (Å²) in [6.45, 7) is 3.97. The smallest absolute Gasteiger partial charge is 0.226 e. The van der Waals surface area contributed by atoms with Crippen LogP contribution in [0.1, 0.15) is 37.2 Å². The normalized spacial score (nSPS) is 22.7. The predicted octanol–water partition coefficient (Wildman–Crippen LogP) is 2.86. The number of hydrogen-bond acceptors (Lipinski definition) is 5. The van der Waals surface area contributed by atoms with Crippen LogP contribution in [0.25, 0.3) is 0 Å². The molecule has 1 aliphatic heterocycles. The van der Waals surface area contributed by atoms with Crippen molar-refractivity contribution in [2.24, 2.45) is 5.92 Å². The molecule has 0 bridgehead atoms. The van der Waals surface area contributed by atoms with E-state index in [2.05, 4.69) is 22.3 Å². The van der Waals surface area contributed by atoms with Gasteiger partial charge in [-0.05, 0) is 37.0 Å². The first-order valence-electron chi connectivity index (χ1n) is 8.17. The van der Waals surface area contributed by atoms with Gasteiger partial charge in [0, 0.05) is 17.7 Å². The minimum absolute atomic E-state index is 0.191. The molecule has 124 valence electrons. The molecule has 1 aromatic heterocycles. The molecule has 0 amide bonds. The number of allylic oxidation sites excluding steroid dienone is 2. The Morgan fingerprint density at radius 1 is 1.25 bits per heavy atom. The van der Waals surface area contributed by atoms with Crippen LogP contribution in [0.3, 0.4) is 0 Å². The van der Waals surface area contributed by atoms with Gasteiger partial charge in [0.2, 0.25) is 5.95 Å². The molecule has 0 radical (unpaired) electrons. The van der Waals surface area contributed by atoms with Gasteiger partial charge in [-0.2, -0.15) is 10.1 Å². The lowest BCUT2D eigenvalue weighted by molar-refractivity contribution is -0.117. The molecule has 1 aromatic carbocycles. The largest absolute Gasteiger partial charge is 0.497 e. The first kappa shape index (κ1) is 14.9. The summed E-state index contributed by atoms with van der Waals surface area (Å²) in [6, 6.07) is 7.58. The fourth-order valence-electron chi connectivity index (χ4n) is 3.61. The summed E-state index contributed by atoms with van der Waals surface area (Å²) in [5, 5.41) is 7.85. The number of carbonyl (C=O) groups is 1. The molecule has 0 spiro atoms. The zero-order chi connectivity index (χ0) is 16.8. The van der Waals surface area contributed by atoms with Crippen LogP contribution in [-0.2, 0) is 4.79 Å². The van der Waals surface area contributed by atoms with Crippen molar-refractivity contribution in [2.45, 2.75) is 32.7 Å². The Bertz CT molecular complexity index is 835. The van der Waals surface area contributed by atoms with Gasteiger partial charge in [0.25, 0.3) is 0 Å². The van der Waals surface area contributed by atoms with Crippen molar-refractivity contribution < 1.29 is 9.53 Å². The summed E-state index contributed by atoms with van der Waals surface area (Å²) in [5.74, 6) is 2.72. The zero-order valence-corrected chi connectivity index (χ0v) is 14.0. The van der Waals surface area contributed by atoms with Gasteiger partial charge >= 0.3 is 0 Å². The summed E-state index contributed by atoms with van der Waals surface area (Å²) < 4.78 is 7.07. The summed E-state index contributed by atoms with van der Waals surface area (Å²) in [6.07, 6.45) is 1.44. The van der Waals surface area contributed by atoms with Gasteiger partial charge in [-0.1, -0.05) is 19.1 Å². The molecular weight excluding hydrogens is 304 g/mol. The van der Waals surface area contributed by atoms with Crippen molar-refractivity contribution in [1.29, 1.82) is 0 Å². The maximum atomic E-state index is 12.8. The number of carbonyl (C=O) groups excluding carboxylic acids is 1. The lowest BCUT2D eigenvalue weighted by Crippen LogP contribution is -2.33. The molecule has 2 heterocycles. The third-order valence-electron chi connectivity index (χ3n) is 4.66. The second kappa shape index (κ2) is 5.47. The summed E-state index contributed by atoms with van der Waals surface area (Å²) in [4.78, 5) is 17.3. The molecule has 0 saturated carbocycles. The van der Waals surface area contributed by atoms with E-state index in [-0.39, 0.29) is 11.8 Å². The van der Waals surface area contributed by atoms with Crippen molar-refractivity contribution in [3.8, 4) is 5.75 Å². The standard InChI is InChI=1S/C18H20N4O2/c1-10-8-14-16(15(23)9-10)17(12-4-6-13(24-3)7-5-12)22-18(20-14)19-11(2)21-22/h4-7,10,17H,8-9H2,1-3H3,(H,19,20,21)/t10-,17+/m1/s1. The van der Waals surface area contributed by atoms with Crippen LogP contribution in [0.5, 0.6) is 5.75 Å². The summed E-state index contributed by atoms with van der Waals surface area (Å²) in [7, 11) is 1.64. The van der Waals surface area contributed by atoms with Crippen molar-refractivity contribution in [3.05, 3.63) is 46.9 Å². The van der Waals surface area contributed by atoms with E-state index in [1.54, 1.807) is 7.11 Å². The van der Waals surface area contributed by atoms with E-state index in [0.29, 0.717) is 24.1 Å². The molecular formula is C18H20N4O2. The minimum atomic E-state index is -0.233. The number of hydrogen-bond donors (Lipinski definition) is 1. The predicted molar refractivity (Wildman–Crippen MR) is 89.9 cm³/mol. The van der Waals surface area contributed by atoms with Crippen LogP contribution in [-0.4, -0.2) is 27.7 Å². The molecule has 6 heteroatoms. The van der Waals surface area contributed by atoms with Crippen LogP contribution < -0.4 is 10.1 Å². The number of methoxy groups -OCH3 is 1. The van der Waals surface area contributed by atoms with Crippen molar-refractivity contribution >= 4 is 11.7 Å². The highest BCUT2D eigenvalue weighted by atomic mass is 16.5. The molecule has 4 rings (SSSR count).